The molecule has 0 aliphatic rings. The van der Waals surface area contributed by atoms with Gasteiger partial charge in [-0.05, 0) is 31.5 Å². The zero-order chi connectivity index (χ0) is 14.3. The molecule has 1 aromatic carbocycles. The fraction of sp³-hybridized carbons (Fsp3) is 0.143. The average Bonchev–Trinajstić information content (AvgIpc) is 2.89. The molecule has 1 amide bonds. The monoisotopic (exact) mass is 287 g/mol. The third kappa shape index (κ3) is 2.25. The van der Waals surface area contributed by atoms with E-state index in [1.54, 1.807) is 18.3 Å². The maximum atomic E-state index is 12.1. The van der Waals surface area contributed by atoms with Crippen molar-refractivity contribution >= 4 is 27.9 Å². The largest absolute Gasteiger partial charge is 0.506 e. The van der Waals surface area contributed by atoms with Gasteiger partial charge in [0.15, 0.2) is 4.96 Å². The maximum Gasteiger partial charge on any atom is 0.276 e. The summed E-state index contributed by atoms with van der Waals surface area (Å²) in [5.74, 6) is -0.284. The summed E-state index contributed by atoms with van der Waals surface area (Å²) < 4.78 is 1.82. The number of thiazole rings is 1. The van der Waals surface area contributed by atoms with Gasteiger partial charge in [-0.2, -0.15) is 0 Å². The first-order chi connectivity index (χ1) is 9.52. The molecule has 0 saturated carbocycles. The molecule has 0 aliphatic heterocycles. The smallest absolute Gasteiger partial charge is 0.276 e. The Hall–Kier alpha value is -2.34. The van der Waals surface area contributed by atoms with Crippen LogP contribution in [0, 0.1) is 13.8 Å². The molecule has 0 fully saturated rings. The van der Waals surface area contributed by atoms with E-state index >= 15 is 0 Å². The number of aromatic hydroxyl groups is 1. The van der Waals surface area contributed by atoms with Crippen LogP contribution in [0.15, 0.2) is 30.6 Å². The van der Waals surface area contributed by atoms with Crippen molar-refractivity contribution in [3.8, 4) is 5.75 Å². The molecule has 0 saturated heterocycles. The topological polar surface area (TPSA) is 66.6 Å². The van der Waals surface area contributed by atoms with Crippen LogP contribution in [-0.4, -0.2) is 20.4 Å². The highest BCUT2D eigenvalue weighted by Crippen LogP contribution is 2.24. The molecule has 3 aromatic rings. The number of aryl methyl sites for hydroxylation is 2. The number of amides is 1. The molecule has 5 nitrogen and oxygen atoms in total. The highest BCUT2D eigenvalue weighted by atomic mass is 32.1. The van der Waals surface area contributed by atoms with E-state index in [2.05, 4.69) is 10.3 Å². The molecular weight excluding hydrogens is 274 g/mol. The standard InChI is InChI=1S/C14H13N3O2S/c1-8-3-4-10(12(18)5-8)15-13(19)11-7-17-6-9(2)20-14(17)16-11/h3-7,18H,1-2H3,(H,15,19). The number of rotatable bonds is 2. The maximum absolute atomic E-state index is 12.1. The van der Waals surface area contributed by atoms with Crippen LogP contribution in [0.2, 0.25) is 0 Å². The van der Waals surface area contributed by atoms with Gasteiger partial charge in [0.05, 0.1) is 5.69 Å². The van der Waals surface area contributed by atoms with Crippen LogP contribution in [0.4, 0.5) is 5.69 Å². The predicted molar refractivity (Wildman–Crippen MR) is 78.6 cm³/mol. The number of benzene rings is 1. The molecule has 2 heterocycles. The Morgan fingerprint density at radius 1 is 1.35 bits per heavy atom. The molecule has 0 radical (unpaired) electrons. The summed E-state index contributed by atoms with van der Waals surface area (Å²) >= 11 is 1.52. The van der Waals surface area contributed by atoms with E-state index in [-0.39, 0.29) is 11.7 Å². The van der Waals surface area contributed by atoms with Crippen LogP contribution in [0.25, 0.3) is 4.96 Å². The van der Waals surface area contributed by atoms with E-state index in [0.717, 1.165) is 15.4 Å². The minimum atomic E-state index is -0.335. The van der Waals surface area contributed by atoms with E-state index in [1.807, 2.05) is 30.5 Å². The van der Waals surface area contributed by atoms with Crippen molar-refractivity contribution in [2.75, 3.05) is 5.32 Å². The molecule has 2 N–H and O–H groups in total. The van der Waals surface area contributed by atoms with Gasteiger partial charge in [0.25, 0.3) is 5.91 Å². The van der Waals surface area contributed by atoms with Crippen molar-refractivity contribution in [2.24, 2.45) is 0 Å². The Kier molecular flexibility index (Phi) is 2.94. The van der Waals surface area contributed by atoms with E-state index in [9.17, 15) is 9.90 Å². The fourth-order valence-electron chi connectivity index (χ4n) is 1.95. The Bertz CT molecular complexity index is 772. The zero-order valence-corrected chi connectivity index (χ0v) is 11.9. The van der Waals surface area contributed by atoms with Gasteiger partial charge in [-0.25, -0.2) is 4.98 Å². The summed E-state index contributed by atoms with van der Waals surface area (Å²) in [4.78, 5) is 18.3. The summed E-state index contributed by atoms with van der Waals surface area (Å²) in [6.07, 6.45) is 3.60. The van der Waals surface area contributed by atoms with E-state index in [1.165, 1.54) is 11.3 Å². The number of nitrogens with zero attached hydrogens (tertiary/aromatic N) is 2. The molecule has 0 aliphatic carbocycles. The van der Waals surface area contributed by atoms with Crippen molar-refractivity contribution < 1.29 is 9.90 Å². The van der Waals surface area contributed by atoms with Crippen LogP contribution in [0.3, 0.4) is 0 Å². The lowest BCUT2D eigenvalue weighted by Gasteiger charge is -2.06. The fourth-order valence-corrected chi connectivity index (χ4v) is 2.76. The molecule has 2 aromatic heterocycles. The van der Waals surface area contributed by atoms with Crippen LogP contribution < -0.4 is 5.32 Å². The van der Waals surface area contributed by atoms with Crippen LogP contribution in [-0.2, 0) is 0 Å². The van der Waals surface area contributed by atoms with Crippen molar-refractivity contribution in [3.05, 3.63) is 46.7 Å². The molecule has 0 atom stereocenters. The molecule has 3 rings (SSSR count). The molecule has 0 unspecified atom stereocenters. The Balaban J connectivity index is 1.86. The third-order valence-corrected chi connectivity index (χ3v) is 3.82. The van der Waals surface area contributed by atoms with Crippen molar-refractivity contribution in [3.63, 3.8) is 0 Å². The van der Waals surface area contributed by atoms with E-state index < -0.39 is 0 Å². The highest BCUT2D eigenvalue weighted by molar-refractivity contribution is 7.17. The van der Waals surface area contributed by atoms with Crippen LogP contribution >= 0.6 is 11.3 Å². The van der Waals surface area contributed by atoms with Gasteiger partial charge >= 0.3 is 0 Å². The first-order valence-electron chi connectivity index (χ1n) is 6.09. The van der Waals surface area contributed by atoms with Gasteiger partial charge in [-0.3, -0.25) is 9.20 Å². The molecular formula is C14H13N3O2S. The van der Waals surface area contributed by atoms with Crippen molar-refractivity contribution in [1.29, 1.82) is 0 Å². The normalized spacial score (nSPS) is 10.9. The number of nitrogens with one attached hydrogen (secondary N) is 1. The molecule has 6 heteroatoms. The number of fused-ring (bicyclic) bond motifs is 1. The second-order valence-corrected chi connectivity index (χ2v) is 5.85. The number of phenols is 1. The summed E-state index contributed by atoms with van der Waals surface area (Å²) in [6.45, 7) is 3.86. The highest BCUT2D eigenvalue weighted by Gasteiger charge is 2.14. The second kappa shape index (κ2) is 4.64. The molecule has 0 bridgehead atoms. The van der Waals surface area contributed by atoms with Gasteiger partial charge < -0.3 is 10.4 Å². The SMILES string of the molecule is Cc1ccc(NC(=O)c2cn3cc(C)sc3n2)c(O)c1. The minimum absolute atomic E-state index is 0.0511. The number of anilines is 1. The number of imidazole rings is 1. The minimum Gasteiger partial charge on any atom is -0.506 e. The van der Waals surface area contributed by atoms with Crippen LogP contribution in [0.5, 0.6) is 5.75 Å². The van der Waals surface area contributed by atoms with Crippen molar-refractivity contribution in [1.82, 2.24) is 9.38 Å². The van der Waals surface area contributed by atoms with E-state index in [4.69, 9.17) is 0 Å². The lowest BCUT2D eigenvalue weighted by Crippen LogP contribution is -2.12. The number of carbonyl (C=O) groups excluding carboxylic acids is 1. The van der Waals surface area contributed by atoms with Gasteiger partial charge in [0.1, 0.15) is 11.4 Å². The van der Waals surface area contributed by atoms with Gasteiger partial charge in [-0.15, -0.1) is 11.3 Å². The third-order valence-electron chi connectivity index (χ3n) is 2.91. The van der Waals surface area contributed by atoms with Crippen LogP contribution in [0.1, 0.15) is 20.9 Å². The lowest BCUT2D eigenvalue weighted by atomic mass is 10.2. The quantitative estimate of drug-likeness (QED) is 0.712. The average molecular weight is 287 g/mol. The van der Waals surface area contributed by atoms with Gasteiger partial charge in [0.2, 0.25) is 0 Å². The lowest BCUT2D eigenvalue weighted by molar-refractivity contribution is 0.102. The van der Waals surface area contributed by atoms with Crippen molar-refractivity contribution in [2.45, 2.75) is 13.8 Å². The van der Waals surface area contributed by atoms with Gasteiger partial charge in [-0.1, -0.05) is 6.07 Å². The Morgan fingerprint density at radius 3 is 2.85 bits per heavy atom. The number of hydrogen-bond donors (Lipinski definition) is 2. The zero-order valence-electron chi connectivity index (χ0n) is 11.0. The summed E-state index contributed by atoms with van der Waals surface area (Å²) in [5.41, 5.74) is 1.64. The second-order valence-electron chi connectivity index (χ2n) is 4.63. The first-order valence-corrected chi connectivity index (χ1v) is 6.91. The number of aromatic nitrogens is 2. The summed E-state index contributed by atoms with van der Waals surface area (Å²) in [7, 11) is 0. The first kappa shape index (κ1) is 12.7. The van der Waals surface area contributed by atoms with E-state index in [0.29, 0.717) is 11.4 Å². The molecule has 0 spiro atoms. The summed E-state index contributed by atoms with van der Waals surface area (Å²) in [6, 6.07) is 5.10. The predicted octanol–water partition coefficient (Wildman–Crippen LogP) is 2.97. The number of carbonyl (C=O) groups is 1. The summed E-state index contributed by atoms with van der Waals surface area (Å²) in [5, 5.41) is 12.4. The number of hydrogen-bond acceptors (Lipinski definition) is 4. The van der Waals surface area contributed by atoms with Gasteiger partial charge in [0, 0.05) is 17.3 Å². The molecule has 102 valence electrons. The Labute approximate surface area is 119 Å². The Morgan fingerprint density at radius 2 is 2.15 bits per heavy atom. The number of phenolic OH excluding ortho intramolecular Hbond substituents is 1. The molecule has 20 heavy (non-hydrogen) atoms.